The maximum absolute atomic E-state index is 11.0. The number of rotatable bonds is 9. The van der Waals surface area contributed by atoms with Gasteiger partial charge in [-0.2, -0.15) is 0 Å². The molecule has 0 rings (SSSR count). The zero-order valence-electron chi connectivity index (χ0n) is 10.7. The topological polar surface area (TPSA) is 61.8 Å². The van der Waals surface area contributed by atoms with Crippen molar-refractivity contribution >= 4 is 5.97 Å². The van der Waals surface area contributed by atoms with E-state index in [0.717, 1.165) is 19.4 Å². The average Bonchev–Trinajstić information content (AvgIpc) is 2.17. The van der Waals surface area contributed by atoms with Gasteiger partial charge in [0, 0.05) is 7.11 Å². The van der Waals surface area contributed by atoms with Gasteiger partial charge in [-0.25, -0.2) is 0 Å². The molecule has 1 atom stereocenters. The third kappa shape index (κ3) is 6.05. The SMILES string of the molecule is COCC(C)(NCCCCN(C)C)C(=O)O. The van der Waals surface area contributed by atoms with Crippen LogP contribution in [0, 0.1) is 0 Å². The molecule has 0 aliphatic rings. The Morgan fingerprint density at radius 2 is 2.06 bits per heavy atom. The van der Waals surface area contributed by atoms with Gasteiger partial charge in [-0.05, 0) is 47.0 Å². The van der Waals surface area contributed by atoms with Crippen molar-refractivity contribution in [2.24, 2.45) is 0 Å². The first-order valence-corrected chi connectivity index (χ1v) is 5.54. The number of carboxylic acid groups (broad SMARTS) is 1. The number of carboxylic acids is 1. The molecule has 0 amide bonds. The Labute approximate surface area is 97.8 Å². The van der Waals surface area contributed by atoms with E-state index in [2.05, 4.69) is 10.2 Å². The molecule has 0 saturated carbocycles. The summed E-state index contributed by atoms with van der Waals surface area (Å²) in [6.45, 7) is 3.54. The Balaban J connectivity index is 3.81. The van der Waals surface area contributed by atoms with Crippen LogP contribution < -0.4 is 5.32 Å². The fourth-order valence-electron chi connectivity index (χ4n) is 1.39. The van der Waals surface area contributed by atoms with Crippen molar-refractivity contribution in [3.63, 3.8) is 0 Å². The van der Waals surface area contributed by atoms with Crippen molar-refractivity contribution in [1.29, 1.82) is 0 Å². The van der Waals surface area contributed by atoms with Crippen LogP contribution in [0.5, 0.6) is 0 Å². The molecule has 0 aliphatic heterocycles. The lowest BCUT2D eigenvalue weighted by molar-refractivity contribution is -0.146. The van der Waals surface area contributed by atoms with Crippen LogP contribution in [-0.4, -0.2) is 62.4 Å². The molecule has 0 heterocycles. The van der Waals surface area contributed by atoms with Crippen molar-refractivity contribution in [3.05, 3.63) is 0 Å². The molecule has 0 aromatic carbocycles. The summed E-state index contributed by atoms with van der Waals surface area (Å²) in [6.07, 6.45) is 2.02. The Kier molecular flexibility index (Phi) is 7.29. The second kappa shape index (κ2) is 7.60. The molecular formula is C11H24N2O3. The highest BCUT2D eigenvalue weighted by Crippen LogP contribution is 2.05. The van der Waals surface area contributed by atoms with Gasteiger partial charge in [-0.15, -0.1) is 0 Å². The molecule has 2 N–H and O–H groups in total. The highest BCUT2D eigenvalue weighted by Gasteiger charge is 2.32. The first kappa shape index (κ1) is 15.3. The van der Waals surface area contributed by atoms with Gasteiger partial charge in [-0.3, -0.25) is 4.79 Å². The number of nitrogens with zero attached hydrogens (tertiary/aromatic N) is 1. The number of aliphatic carboxylic acids is 1. The zero-order chi connectivity index (χ0) is 12.6. The minimum Gasteiger partial charge on any atom is -0.480 e. The third-order valence-electron chi connectivity index (χ3n) is 2.45. The number of hydrogen-bond acceptors (Lipinski definition) is 4. The minimum absolute atomic E-state index is 0.177. The summed E-state index contributed by atoms with van der Waals surface area (Å²) in [5, 5.41) is 12.1. The van der Waals surface area contributed by atoms with Crippen molar-refractivity contribution in [3.8, 4) is 0 Å². The predicted octanol–water partition coefficient (Wildman–Crippen LogP) is 0.408. The van der Waals surface area contributed by atoms with E-state index in [1.807, 2.05) is 14.1 Å². The molecule has 0 aliphatic carbocycles. The summed E-state index contributed by atoms with van der Waals surface area (Å²) in [6, 6.07) is 0. The van der Waals surface area contributed by atoms with Crippen LogP contribution in [-0.2, 0) is 9.53 Å². The molecule has 5 heteroatoms. The zero-order valence-corrected chi connectivity index (χ0v) is 10.7. The first-order chi connectivity index (χ1) is 7.42. The molecule has 1 unspecified atom stereocenters. The van der Waals surface area contributed by atoms with Crippen LogP contribution in [0.2, 0.25) is 0 Å². The van der Waals surface area contributed by atoms with Crippen molar-refractivity contribution in [1.82, 2.24) is 10.2 Å². The molecular weight excluding hydrogens is 208 g/mol. The monoisotopic (exact) mass is 232 g/mol. The summed E-state index contributed by atoms with van der Waals surface area (Å²) in [4.78, 5) is 13.1. The van der Waals surface area contributed by atoms with Crippen LogP contribution in [0.3, 0.4) is 0 Å². The van der Waals surface area contributed by atoms with Gasteiger partial charge >= 0.3 is 5.97 Å². The van der Waals surface area contributed by atoms with Gasteiger partial charge in [0.1, 0.15) is 5.54 Å². The van der Waals surface area contributed by atoms with E-state index in [-0.39, 0.29) is 6.61 Å². The number of nitrogens with one attached hydrogen (secondary N) is 1. The Morgan fingerprint density at radius 3 is 2.50 bits per heavy atom. The summed E-state index contributed by atoms with van der Waals surface area (Å²) in [5.74, 6) is -0.873. The number of hydrogen-bond donors (Lipinski definition) is 2. The lowest BCUT2D eigenvalue weighted by Crippen LogP contribution is -2.53. The Morgan fingerprint density at radius 1 is 1.44 bits per heavy atom. The Hall–Kier alpha value is -0.650. The summed E-state index contributed by atoms with van der Waals surface area (Å²) < 4.78 is 4.91. The van der Waals surface area contributed by atoms with Crippen LogP contribution in [0.25, 0.3) is 0 Å². The summed E-state index contributed by atoms with van der Waals surface area (Å²) in [5.41, 5.74) is -0.979. The van der Waals surface area contributed by atoms with E-state index in [1.54, 1.807) is 6.92 Å². The number of carbonyl (C=O) groups is 1. The summed E-state index contributed by atoms with van der Waals surface area (Å²) >= 11 is 0. The van der Waals surface area contributed by atoms with Gasteiger partial charge in [0.15, 0.2) is 0 Å². The molecule has 0 aromatic rings. The van der Waals surface area contributed by atoms with E-state index in [4.69, 9.17) is 9.84 Å². The molecule has 0 spiro atoms. The largest absolute Gasteiger partial charge is 0.480 e. The molecule has 0 fully saturated rings. The van der Waals surface area contributed by atoms with Gasteiger partial charge in [0.25, 0.3) is 0 Å². The van der Waals surface area contributed by atoms with Gasteiger partial charge in [-0.1, -0.05) is 0 Å². The highest BCUT2D eigenvalue weighted by atomic mass is 16.5. The van der Waals surface area contributed by atoms with Crippen LogP contribution >= 0.6 is 0 Å². The van der Waals surface area contributed by atoms with Crippen LogP contribution in [0.1, 0.15) is 19.8 Å². The minimum atomic E-state index is -0.979. The molecule has 0 bridgehead atoms. The van der Waals surface area contributed by atoms with E-state index in [0.29, 0.717) is 6.54 Å². The second-order valence-electron chi connectivity index (χ2n) is 4.51. The van der Waals surface area contributed by atoms with E-state index < -0.39 is 11.5 Å². The number of unbranched alkanes of at least 4 members (excludes halogenated alkanes) is 1. The number of ether oxygens (including phenoxy) is 1. The van der Waals surface area contributed by atoms with Crippen LogP contribution in [0.15, 0.2) is 0 Å². The van der Waals surface area contributed by atoms with E-state index in [1.165, 1.54) is 7.11 Å². The van der Waals surface area contributed by atoms with Gasteiger partial charge in [0.2, 0.25) is 0 Å². The molecule has 0 saturated heterocycles. The highest BCUT2D eigenvalue weighted by molar-refractivity contribution is 5.78. The normalized spacial score (nSPS) is 15.1. The fourth-order valence-corrected chi connectivity index (χ4v) is 1.39. The number of methoxy groups -OCH3 is 1. The molecule has 16 heavy (non-hydrogen) atoms. The first-order valence-electron chi connectivity index (χ1n) is 5.54. The summed E-state index contributed by atoms with van der Waals surface area (Å²) in [7, 11) is 5.56. The van der Waals surface area contributed by atoms with Crippen molar-refractivity contribution in [2.45, 2.75) is 25.3 Å². The van der Waals surface area contributed by atoms with E-state index >= 15 is 0 Å². The lowest BCUT2D eigenvalue weighted by Gasteiger charge is -2.25. The van der Waals surface area contributed by atoms with Crippen molar-refractivity contribution < 1.29 is 14.6 Å². The van der Waals surface area contributed by atoms with Gasteiger partial charge < -0.3 is 20.1 Å². The predicted molar refractivity (Wildman–Crippen MR) is 63.7 cm³/mol. The molecule has 0 aromatic heterocycles. The molecule has 0 radical (unpaired) electrons. The maximum atomic E-state index is 11.0. The fraction of sp³-hybridized carbons (Fsp3) is 0.909. The maximum Gasteiger partial charge on any atom is 0.326 e. The smallest absolute Gasteiger partial charge is 0.326 e. The Bertz CT molecular complexity index is 209. The average molecular weight is 232 g/mol. The van der Waals surface area contributed by atoms with Gasteiger partial charge in [0.05, 0.1) is 6.61 Å². The quantitative estimate of drug-likeness (QED) is 0.564. The third-order valence-corrected chi connectivity index (χ3v) is 2.45. The lowest BCUT2D eigenvalue weighted by atomic mass is 10.0. The standard InChI is InChI=1S/C11H24N2O3/c1-11(9-16-4,10(14)15)12-7-5-6-8-13(2)3/h12H,5-9H2,1-4H3,(H,14,15). The van der Waals surface area contributed by atoms with E-state index in [9.17, 15) is 4.79 Å². The van der Waals surface area contributed by atoms with Crippen molar-refractivity contribution in [2.75, 3.05) is 40.9 Å². The second-order valence-corrected chi connectivity index (χ2v) is 4.51. The molecule has 96 valence electrons. The van der Waals surface area contributed by atoms with Crippen LogP contribution in [0.4, 0.5) is 0 Å². The molecule has 5 nitrogen and oxygen atoms in total.